The number of aromatic hydroxyl groups is 9. The van der Waals surface area contributed by atoms with Crippen molar-refractivity contribution in [2.24, 2.45) is 0 Å². The van der Waals surface area contributed by atoms with Crippen LogP contribution in [0, 0.1) is 0 Å². The first kappa shape index (κ1) is 40.0. The van der Waals surface area contributed by atoms with Gasteiger partial charge in [0.15, 0.2) is 33.5 Å². The summed E-state index contributed by atoms with van der Waals surface area (Å²) in [5.74, 6) is -1.08. The van der Waals surface area contributed by atoms with Crippen molar-refractivity contribution in [3.8, 4) is 119 Å². The molecule has 0 saturated carbocycles. The number of aromatic nitrogens is 2. The number of nitrogens with two attached hydrogens (primary N) is 1. The Morgan fingerprint density at radius 3 is 1.11 bits per heavy atom. The van der Waals surface area contributed by atoms with Gasteiger partial charge >= 0.3 is 0 Å². The summed E-state index contributed by atoms with van der Waals surface area (Å²) >= 11 is 0. The molecule has 2 aliphatic heterocycles. The number of hydrogen-bond donors (Lipinski definition) is 10. The zero-order valence-corrected chi connectivity index (χ0v) is 32.7. The van der Waals surface area contributed by atoms with Crippen LogP contribution >= 0.6 is 0 Å². The van der Waals surface area contributed by atoms with Gasteiger partial charge in [0.25, 0.3) is 0 Å². The molecule has 0 radical (unpaired) electrons. The molecule has 0 aromatic heterocycles. The van der Waals surface area contributed by atoms with Crippen molar-refractivity contribution in [1.82, 2.24) is 9.97 Å². The van der Waals surface area contributed by atoms with Gasteiger partial charge in [-0.2, -0.15) is 0 Å². The van der Waals surface area contributed by atoms with E-state index < -0.39 is 5.43 Å². The number of nitrogen functional groups attached to an aromatic ring is 1. The lowest BCUT2D eigenvalue weighted by atomic mass is 10.0. The molecule has 16 heteroatoms. The van der Waals surface area contributed by atoms with E-state index in [0.717, 1.165) is 18.2 Å². The fourth-order valence-corrected chi connectivity index (χ4v) is 7.28. The zero-order valence-electron chi connectivity index (χ0n) is 32.7. The Kier molecular flexibility index (Phi) is 9.52. The predicted molar refractivity (Wildman–Crippen MR) is 235 cm³/mol. The van der Waals surface area contributed by atoms with Crippen LogP contribution in [0.25, 0.3) is 89.6 Å². The highest BCUT2D eigenvalue weighted by atomic mass is 16.3. The second-order valence-electron chi connectivity index (χ2n) is 14.6. The van der Waals surface area contributed by atoms with Gasteiger partial charge in [0.05, 0.1) is 0 Å². The molecule has 6 aromatic carbocycles. The summed E-state index contributed by atoms with van der Waals surface area (Å²) in [4.78, 5) is 34.4. The second-order valence-corrected chi connectivity index (χ2v) is 14.6. The van der Waals surface area contributed by atoms with E-state index in [1.165, 1.54) is 91.0 Å². The van der Waals surface area contributed by atoms with Crippen molar-refractivity contribution in [3.63, 3.8) is 0 Å². The molecule has 0 amide bonds. The molecular formula is C48H31N3O13. The number of rotatable bonds is 4. The van der Waals surface area contributed by atoms with E-state index in [1.54, 1.807) is 12.1 Å². The van der Waals surface area contributed by atoms with Crippen LogP contribution in [0.5, 0.6) is 51.7 Å². The van der Waals surface area contributed by atoms with Crippen LogP contribution < -0.4 is 16.6 Å². The highest BCUT2D eigenvalue weighted by molar-refractivity contribution is 5.92. The first-order valence-corrected chi connectivity index (χ1v) is 19.0. The fraction of sp³-hybridized carbons (Fsp3) is 0. The fourth-order valence-electron chi connectivity index (χ4n) is 7.28. The minimum atomic E-state index is -0.418. The Morgan fingerprint density at radius 2 is 0.703 bits per heavy atom. The molecular weight excluding hydrogens is 827 g/mol. The molecule has 6 aromatic rings. The molecule has 11 N–H and O–H groups in total. The Bertz CT molecular complexity index is 3350. The first-order valence-electron chi connectivity index (χ1n) is 19.0. The maximum absolute atomic E-state index is 12.6. The molecule has 316 valence electrons. The standard InChI is InChI=1S/C24H16N2O6.C24H15NO7/c25-17-9-23-18(7-15(17)13-3-1-11(27)5-20(13)29)26-19-8-16(22(31)10-24(19)32-23)14-4-2-12(28)6-21(14)30;26-11-1-3-13(19(28)5-11)15-7-17-23(9-21(15)30)32-24-10-22(31)16(8-18(24)25-17)14-4-2-12(27)6-20(14)29/h1-10,27-30H,25H2;1-10,26-30H. The Morgan fingerprint density at radius 1 is 0.359 bits per heavy atom. The smallest absolute Gasteiger partial charge is 0.190 e. The van der Waals surface area contributed by atoms with Crippen molar-refractivity contribution < 1.29 is 54.8 Å². The highest BCUT2D eigenvalue weighted by Gasteiger charge is 2.21. The molecule has 0 unspecified atom stereocenters. The molecule has 4 aliphatic rings. The molecule has 0 atom stereocenters. The number of phenols is 9. The van der Waals surface area contributed by atoms with Crippen LogP contribution in [-0.4, -0.2) is 55.9 Å². The quantitative estimate of drug-likeness (QED) is 0.0589. The minimum Gasteiger partial charge on any atom is -0.508 e. The molecule has 16 nitrogen and oxygen atoms in total. The van der Waals surface area contributed by atoms with Gasteiger partial charge in [0.1, 0.15) is 74.2 Å². The third-order valence-corrected chi connectivity index (χ3v) is 10.3. The van der Waals surface area contributed by atoms with Gasteiger partial charge in [-0.1, -0.05) is 0 Å². The van der Waals surface area contributed by atoms with Crippen molar-refractivity contribution in [1.29, 1.82) is 0 Å². The Hall–Kier alpha value is -9.44. The number of fused-ring (bicyclic) bond motifs is 4. The molecule has 0 fully saturated rings. The van der Waals surface area contributed by atoms with Crippen molar-refractivity contribution in [3.05, 3.63) is 142 Å². The number of nitrogens with zero attached hydrogens (tertiary/aromatic N) is 2. The average Bonchev–Trinajstić information content (AvgIpc) is 3.23. The van der Waals surface area contributed by atoms with Gasteiger partial charge in [-0.25, -0.2) is 9.97 Å². The zero-order chi connectivity index (χ0) is 45.1. The Balaban J connectivity index is 0.000000162. The molecule has 10 rings (SSSR count). The van der Waals surface area contributed by atoms with Crippen LogP contribution in [-0.2, 0) is 0 Å². The maximum atomic E-state index is 12.6. The van der Waals surface area contributed by atoms with Gasteiger partial charge in [-0.05, 0) is 72.8 Å². The van der Waals surface area contributed by atoms with Crippen LogP contribution in [0.3, 0.4) is 0 Å². The van der Waals surface area contributed by atoms with Gasteiger partial charge < -0.3 is 60.5 Å². The molecule has 0 spiro atoms. The minimum absolute atomic E-state index is 0.0804. The molecule has 2 aliphatic carbocycles. The third-order valence-electron chi connectivity index (χ3n) is 10.3. The molecule has 0 bridgehead atoms. The number of hydrogen-bond acceptors (Lipinski definition) is 16. The molecule has 64 heavy (non-hydrogen) atoms. The van der Waals surface area contributed by atoms with Crippen molar-refractivity contribution in [2.45, 2.75) is 0 Å². The van der Waals surface area contributed by atoms with Gasteiger partial charge in [-0.15, -0.1) is 0 Å². The summed E-state index contributed by atoms with van der Waals surface area (Å²) in [6.07, 6.45) is 0. The number of anilines is 1. The van der Waals surface area contributed by atoms with Crippen molar-refractivity contribution >= 4 is 27.9 Å². The van der Waals surface area contributed by atoms with E-state index in [9.17, 15) is 55.5 Å². The normalized spacial score (nSPS) is 11.2. The van der Waals surface area contributed by atoms with Gasteiger partial charge in [-0.3, -0.25) is 9.59 Å². The van der Waals surface area contributed by atoms with E-state index in [-0.39, 0.29) is 108 Å². The number of phenolic OH excluding ortho intramolecular Hbond substituents is 9. The lowest BCUT2D eigenvalue weighted by molar-refractivity contribution is 0.449. The second kappa shape index (κ2) is 15.2. The average molecular weight is 858 g/mol. The van der Waals surface area contributed by atoms with Crippen LogP contribution in [0.4, 0.5) is 5.69 Å². The molecule has 2 heterocycles. The van der Waals surface area contributed by atoms with E-state index in [0.29, 0.717) is 44.8 Å². The van der Waals surface area contributed by atoms with Gasteiger partial charge in [0, 0.05) is 98.7 Å². The van der Waals surface area contributed by atoms with E-state index in [2.05, 4.69) is 9.97 Å². The first-order chi connectivity index (χ1) is 30.6. The Labute approximate surface area is 358 Å². The summed E-state index contributed by atoms with van der Waals surface area (Å²) < 4.78 is 11.6. The van der Waals surface area contributed by atoms with Crippen LogP contribution in [0.2, 0.25) is 0 Å². The lowest BCUT2D eigenvalue weighted by Gasteiger charge is -2.12. The number of benzene rings is 8. The lowest BCUT2D eigenvalue weighted by Crippen LogP contribution is -2.06. The van der Waals surface area contributed by atoms with Crippen molar-refractivity contribution in [2.75, 3.05) is 5.73 Å². The third kappa shape index (κ3) is 7.28. The summed E-state index contributed by atoms with van der Waals surface area (Å²) in [7, 11) is 0. The topological polar surface area (TPSA) is 294 Å². The van der Waals surface area contributed by atoms with Gasteiger partial charge in [0.2, 0.25) is 0 Å². The largest absolute Gasteiger partial charge is 0.508 e. The van der Waals surface area contributed by atoms with Crippen LogP contribution in [0.1, 0.15) is 0 Å². The monoisotopic (exact) mass is 857 g/mol. The van der Waals surface area contributed by atoms with E-state index in [1.807, 2.05) is 0 Å². The van der Waals surface area contributed by atoms with E-state index >= 15 is 0 Å². The van der Waals surface area contributed by atoms with E-state index in [4.69, 9.17) is 14.6 Å². The summed E-state index contributed by atoms with van der Waals surface area (Å²) in [6.45, 7) is 0. The summed E-state index contributed by atoms with van der Waals surface area (Å²) in [5, 5.41) is 89.2. The predicted octanol–water partition coefficient (Wildman–Crippen LogP) is 8.19. The van der Waals surface area contributed by atoms with Crippen LogP contribution in [0.15, 0.2) is 140 Å². The highest BCUT2D eigenvalue weighted by Crippen LogP contribution is 2.42. The summed E-state index contributed by atoms with van der Waals surface area (Å²) in [6, 6.07) is 27.6. The molecule has 0 saturated heterocycles. The summed E-state index contributed by atoms with van der Waals surface area (Å²) in [5.41, 5.74) is 10.0. The SMILES string of the molecule is Nc1cc2oc3cc(=O)c(-c4ccc(O)cc4O)cc-3nc2cc1-c1ccc(O)cc1O.O=c1cc2oc3cc(O)c(-c4ccc(O)cc4O)cc3nc-2cc1-c1ccc(O)cc1O. The maximum Gasteiger partial charge on any atom is 0.190 e.